The van der Waals surface area contributed by atoms with Gasteiger partial charge < -0.3 is 15.4 Å². The highest BCUT2D eigenvalue weighted by molar-refractivity contribution is 8.00. The van der Waals surface area contributed by atoms with E-state index in [1.54, 1.807) is 0 Å². The third kappa shape index (κ3) is 3.89. The second kappa shape index (κ2) is 7.93. The standard InChI is InChI=1S/C24H26N4OS/c1-17-4-2-3-5-20(17)30-24(10-11-24)21-16-22(28-12-14-29-15-13-28)27-23(26-21)18-6-8-19(25)9-7-18/h2-9,16H,10-15,25H2,1H3. The Kier molecular flexibility index (Phi) is 5.13. The van der Waals surface area contributed by atoms with Crippen LogP contribution in [0.4, 0.5) is 11.5 Å². The molecule has 3 aromatic rings. The Labute approximate surface area is 181 Å². The largest absolute Gasteiger partial charge is 0.399 e. The number of ether oxygens (including phenoxy) is 1. The Morgan fingerprint density at radius 3 is 2.43 bits per heavy atom. The molecule has 0 atom stereocenters. The molecule has 5 nitrogen and oxygen atoms in total. The molecule has 2 aromatic carbocycles. The number of nitrogens with two attached hydrogens (primary N) is 1. The molecule has 2 aliphatic rings. The van der Waals surface area contributed by atoms with Gasteiger partial charge in [-0.3, -0.25) is 0 Å². The molecule has 1 saturated heterocycles. The van der Waals surface area contributed by atoms with Gasteiger partial charge >= 0.3 is 0 Å². The Morgan fingerprint density at radius 2 is 1.73 bits per heavy atom. The fourth-order valence-corrected chi connectivity index (χ4v) is 5.10. The maximum absolute atomic E-state index is 5.89. The van der Waals surface area contributed by atoms with Crippen molar-refractivity contribution in [3.05, 3.63) is 65.9 Å². The van der Waals surface area contributed by atoms with Crippen LogP contribution in [-0.4, -0.2) is 36.3 Å². The molecule has 0 radical (unpaired) electrons. The molecule has 154 valence electrons. The highest BCUT2D eigenvalue weighted by Gasteiger charge is 2.47. The van der Waals surface area contributed by atoms with Gasteiger partial charge in [0.15, 0.2) is 5.82 Å². The number of nitrogens with zero attached hydrogens (tertiary/aromatic N) is 3. The van der Waals surface area contributed by atoms with Gasteiger partial charge in [-0.1, -0.05) is 18.2 Å². The summed E-state index contributed by atoms with van der Waals surface area (Å²) in [6.45, 7) is 5.36. The Hall–Kier alpha value is -2.57. The van der Waals surface area contributed by atoms with Gasteiger partial charge in [-0.15, -0.1) is 11.8 Å². The van der Waals surface area contributed by atoms with E-state index in [0.717, 1.165) is 67.7 Å². The van der Waals surface area contributed by atoms with E-state index in [9.17, 15) is 0 Å². The van der Waals surface area contributed by atoms with Crippen LogP contribution in [0.25, 0.3) is 11.4 Å². The Balaban J connectivity index is 1.55. The van der Waals surface area contributed by atoms with Crippen molar-refractivity contribution in [3.63, 3.8) is 0 Å². The van der Waals surface area contributed by atoms with Crippen LogP contribution in [0, 0.1) is 6.92 Å². The van der Waals surface area contributed by atoms with E-state index < -0.39 is 0 Å². The molecule has 0 amide bonds. The van der Waals surface area contributed by atoms with Crippen LogP contribution in [0.2, 0.25) is 0 Å². The minimum Gasteiger partial charge on any atom is -0.399 e. The third-order valence-corrected chi connectivity index (χ3v) is 7.47. The summed E-state index contributed by atoms with van der Waals surface area (Å²) < 4.78 is 5.57. The van der Waals surface area contributed by atoms with Gasteiger partial charge in [-0.05, 0) is 55.7 Å². The predicted octanol–water partition coefficient (Wildman–Crippen LogP) is 4.65. The van der Waals surface area contributed by atoms with Crippen LogP contribution in [0.1, 0.15) is 24.1 Å². The second-order valence-corrected chi connectivity index (χ2v) is 9.44. The first kappa shape index (κ1) is 19.4. The molecule has 0 spiro atoms. The van der Waals surface area contributed by atoms with Crippen molar-refractivity contribution in [1.29, 1.82) is 0 Å². The van der Waals surface area contributed by atoms with Gasteiger partial charge in [0.25, 0.3) is 0 Å². The van der Waals surface area contributed by atoms with Gasteiger partial charge in [0.1, 0.15) is 5.82 Å². The smallest absolute Gasteiger partial charge is 0.161 e. The minimum atomic E-state index is 0.0264. The van der Waals surface area contributed by atoms with Crippen LogP contribution in [0.15, 0.2) is 59.5 Å². The number of morpholine rings is 1. The topological polar surface area (TPSA) is 64.3 Å². The molecule has 2 heterocycles. The number of hydrogen-bond acceptors (Lipinski definition) is 6. The molecular formula is C24H26N4OS. The molecule has 2 fully saturated rings. The Morgan fingerprint density at radius 1 is 1.00 bits per heavy atom. The fourth-order valence-electron chi connectivity index (χ4n) is 3.79. The number of benzene rings is 2. The lowest BCUT2D eigenvalue weighted by molar-refractivity contribution is 0.122. The number of anilines is 2. The van der Waals surface area contributed by atoms with E-state index in [1.165, 1.54) is 10.5 Å². The molecule has 1 aromatic heterocycles. The number of aryl methyl sites for hydroxylation is 1. The zero-order chi connectivity index (χ0) is 20.6. The second-order valence-electron chi connectivity index (χ2n) is 8.02. The van der Waals surface area contributed by atoms with Gasteiger partial charge in [-0.25, -0.2) is 9.97 Å². The normalized spacial score (nSPS) is 17.7. The zero-order valence-corrected chi connectivity index (χ0v) is 18.0. The summed E-state index contributed by atoms with van der Waals surface area (Å²) in [6, 6.07) is 18.6. The molecule has 6 heteroatoms. The van der Waals surface area contributed by atoms with E-state index >= 15 is 0 Å². The first-order valence-electron chi connectivity index (χ1n) is 10.5. The number of nitrogen functional groups attached to an aromatic ring is 1. The summed E-state index contributed by atoms with van der Waals surface area (Å²) in [5.74, 6) is 1.76. The lowest BCUT2D eigenvalue weighted by atomic mass is 10.1. The van der Waals surface area contributed by atoms with Gasteiger partial charge in [0.05, 0.1) is 23.7 Å². The third-order valence-electron chi connectivity index (χ3n) is 5.79. The van der Waals surface area contributed by atoms with Gasteiger partial charge in [0, 0.05) is 35.3 Å². The summed E-state index contributed by atoms with van der Waals surface area (Å²) in [5, 5.41) is 0. The molecule has 1 aliphatic carbocycles. The highest BCUT2D eigenvalue weighted by Crippen LogP contribution is 2.59. The quantitative estimate of drug-likeness (QED) is 0.609. The summed E-state index contributed by atoms with van der Waals surface area (Å²) in [7, 11) is 0. The average Bonchev–Trinajstić information content (AvgIpc) is 3.57. The lowest BCUT2D eigenvalue weighted by Gasteiger charge is -2.29. The van der Waals surface area contributed by atoms with Crippen molar-refractivity contribution in [3.8, 4) is 11.4 Å². The van der Waals surface area contributed by atoms with E-state index in [0.29, 0.717) is 0 Å². The maximum Gasteiger partial charge on any atom is 0.161 e. The van der Waals surface area contributed by atoms with Crippen molar-refractivity contribution in [1.82, 2.24) is 9.97 Å². The number of thioether (sulfide) groups is 1. The molecule has 30 heavy (non-hydrogen) atoms. The maximum atomic E-state index is 5.89. The molecule has 2 N–H and O–H groups in total. The number of rotatable bonds is 5. The molecule has 0 unspecified atom stereocenters. The zero-order valence-electron chi connectivity index (χ0n) is 17.2. The SMILES string of the molecule is Cc1ccccc1SC1(c2cc(N3CCOCC3)nc(-c3ccc(N)cc3)n2)CC1. The van der Waals surface area contributed by atoms with Crippen LogP contribution in [0.5, 0.6) is 0 Å². The average molecular weight is 419 g/mol. The van der Waals surface area contributed by atoms with Crippen LogP contribution in [-0.2, 0) is 9.48 Å². The summed E-state index contributed by atoms with van der Waals surface area (Å²) in [4.78, 5) is 13.6. The number of hydrogen-bond donors (Lipinski definition) is 1. The van der Waals surface area contributed by atoms with E-state index in [1.807, 2.05) is 36.0 Å². The minimum absolute atomic E-state index is 0.0264. The monoisotopic (exact) mass is 418 g/mol. The Bertz CT molecular complexity index is 1040. The van der Waals surface area contributed by atoms with Crippen LogP contribution in [0.3, 0.4) is 0 Å². The van der Waals surface area contributed by atoms with E-state index in [-0.39, 0.29) is 4.75 Å². The van der Waals surface area contributed by atoms with Crippen molar-refractivity contribution in [2.75, 3.05) is 36.9 Å². The van der Waals surface area contributed by atoms with Crippen molar-refractivity contribution in [2.45, 2.75) is 29.4 Å². The van der Waals surface area contributed by atoms with Crippen LogP contribution >= 0.6 is 11.8 Å². The molecule has 5 rings (SSSR count). The molecular weight excluding hydrogens is 392 g/mol. The fraction of sp³-hybridized carbons (Fsp3) is 0.333. The molecule has 1 saturated carbocycles. The van der Waals surface area contributed by atoms with E-state index in [4.69, 9.17) is 20.4 Å². The highest BCUT2D eigenvalue weighted by atomic mass is 32.2. The molecule has 0 bridgehead atoms. The molecule has 1 aliphatic heterocycles. The van der Waals surface area contributed by atoms with Crippen LogP contribution < -0.4 is 10.6 Å². The summed E-state index contributed by atoms with van der Waals surface area (Å²) in [5.41, 5.74) is 10.1. The lowest BCUT2D eigenvalue weighted by Crippen LogP contribution is -2.37. The first-order chi connectivity index (χ1) is 14.6. The van der Waals surface area contributed by atoms with Gasteiger partial charge in [-0.2, -0.15) is 0 Å². The number of aromatic nitrogens is 2. The first-order valence-corrected chi connectivity index (χ1v) is 11.3. The summed E-state index contributed by atoms with van der Waals surface area (Å²) in [6.07, 6.45) is 2.26. The van der Waals surface area contributed by atoms with Crippen molar-refractivity contribution >= 4 is 23.3 Å². The van der Waals surface area contributed by atoms with Gasteiger partial charge in [0.2, 0.25) is 0 Å². The summed E-state index contributed by atoms with van der Waals surface area (Å²) >= 11 is 1.94. The van der Waals surface area contributed by atoms with Crippen molar-refractivity contribution in [2.24, 2.45) is 0 Å². The van der Waals surface area contributed by atoms with Crippen molar-refractivity contribution < 1.29 is 4.74 Å². The predicted molar refractivity (Wildman–Crippen MR) is 123 cm³/mol. The van der Waals surface area contributed by atoms with E-state index in [2.05, 4.69) is 42.2 Å².